The van der Waals surface area contributed by atoms with Gasteiger partial charge in [0.15, 0.2) is 11.6 Å². The van der Waals surface area contributed by atoms with Crippen LogP contribution < -0.4 is 0 Å². The Balaban J connectivity index is 1.86. The Morgan fingerprint density at radius 2 is 2.05 bits per heavy atom. The number of hydrogen-bond donors (Lipinski definition) is 1. The Hall–Kier alpha value is -1.49. The summed E-state index contributed by atoms with van der Waals surface area (Å²) in [5, 5.41) is 9.42. The van der Waals surface area contributed by atoms with E-state index in [9.17, 15) is 18.7 Å². The molecule has 1 N–H and O–H groups in total. The number of nitrogens with zero attached hydrogens (tertiary/aromatic N) is 1. The number of halogens is 2. The third-order valence-corrected chi connectivity index (χ3v) is 4.89. The Morgan fingerprint density at radius 3 is 2.81 bits per heavy atom. The first-order chi connectivity index (χ1) is 10.1. The lowest BCUT2D eigenvalue weighted by Gasteiger charge is -2.33. The van der Waals surface area contributed by atoms with Crippen LogP contribution in [0.3, 0.4) is 0 Å². The van der Waals surface area contributed by atoms with Crippen LogP contribution in [0.25, 0.3) is 0 Å². The molecule has 1 aliphatic heterocycles. The maximum absolute atomic E-state index is 13.9. The van der Waals surface area contributed by atoms with E-state index < -0.39 is 23.6 Å². The van der Waals surface area contributed by atoms with Gasteiger partial charge in [-0.3, -0.25) is 9.69 Å². The number of hydrogen-bond acceptors (Lipinski definition) is 2. The lowest BCUT2D eigenvalue weighted by molar-refractivity contribution is -0.142. The number of carbonyl (C=O) groups is 1. The quantitative estimate of drug-likeness (QED) is 0.931. The van der Waals surface area contributed by atoms with Crippen LogP contribution in [-0.4, -0.2) is 28.1 Å². The summed E-state index contributed by atoms with van der Waals surface area (Å²) < 4.78 is 27.2. The first kappa shape index (κ1) is 14.4. The molecule has 3 atom stereocenters. The maximum Gasteiger partial charge on any atom is 0.320 e. The predicted octanol–water partition coefficient (Wildman–Crippen LogP) is 3.18. The van der Waals surface area contributed by atoms with Gasteiger partial charge in [-0.05, 0) is 31.2 Å². The van der Waals surface area contributed by atoms with E-state index in [0.29, 0.717) is 12.3 Å². The number of carboxylic acid groups (broad SMARTS) is 1. The normalized spacial score (nSPS) is 29.3. The first-order valence-electron chi connectivity index (χ1n) is 7.49. The smallest absolute Gasteiger partial charge is 0.320 e. The Bertz CT molecular complexity index is 549. The third-order valence-electron chi connectivity index (χ3n) is 4.89. The van der Waals surface area contributed by atoms with Crippen LogP contribution in [0, 0.1) is 17.6 Å². The molecule has 1 aromatic carbocycles. The van der Waals surface area contributed by atoms with E-state index in [1.807, 2.05) is 4.90 Å². The highest BCUT2D eigenvalue weighted by molar-refractivity contribution is 5.74. The van der Waals surface area contributed by atoms with Gasteiger partial charge < -0.3 is 5.11 Å². The summed E-state index contributed by atoms with van der Waals surface area (Å²) in [6, 6.07) is 3.69. The number of benzene rings is 1. The van der Waals surface area contributed by atoms with Gasteiger partial charge in [0.05, 0.1) is 0 Å². The van der Waals surface area contributed by atoms with E-state index >= 15 is 0 Å². The summed E-state index contributed by atoms with van der Waals surface area (Å²) in [5.74, 6) is -2.22. The average molecular weight is 295 g/mol. The molecular weight excluding hydrogens is 276 g/mol. The van der Waals surface area contributed by atoms with Crippen LogP contribution >= 0.6 is 0 Å². The summed E-state index contributed by atoms with van der Waals surface area (Å²) in [5.41, 5.74) is 0.243. The highest BCUT2D eigenvalue weighted by Crippen LogP contribution is 2.40. The van der Waals surface area contributed by atoms with Crippen molar-refractivity contribution >= 4 is 5.97 Å². The molecular formula is C16H19F2NO2. The van der Waals surface area contributed by atoms with Gasteiger partial charge in [0.2, 0.25) is 0 Å². The minimum atomic E-state index is -0.876. The zero-order chi connectivity index (χ0) is 15.0. The molecule has 5 heteroatoms. The van der Waals surface area contributed by atoms with E-state index in [4.69, 9.17) is 0 Å². The van der Waals surface area contributed by atoms with Crippen molar-refractivity contribution in [3.8, 4) is 0 Å². The number of aliphatic carboxylic acids is 1. The molecule has 0 spiro atoms. The molecule has 0 bridgehead atoms. The second-order valence-corrected chi connectivity index (χ2v) is 6.09. The molecule has 1 heterocycles. The van der Waals surface area contributed by atoms with Gasteiger partial charge in [-0.1, -0.05) is 25.0 Å². The zero-order valence-corrected chi connectivity index (χ0v) is 11.8. The monoisotopic (exact) mass is 295 g/mol. The van der Waals surface area contributed by atoms with Crippen molar-refractivity contribution < 1.29 is 18.7 Å². The minimum absolute atomic E-state index is 0.168. The fourth-order valence-corrected chi connectivity index (χ4v) is 3.89. The molecule has 2 aliphatic rings. The van der Waals surface area contributed by atoms with Crippen molar-refractivity contribution in [3.05, 3.63) is 35.4 Å². The van der Waals surface area contributed by atoms with Gasteiger partial charge in [-0.2, -0.15) is 0 Å². The van der Waals surface area contributed by atoms with Crippen LogP contribution in [0.5, 0.6) is 0 Å². The fraction of sp³-hybridized carbons (Fsp3) is 0.562. The molecule has 3 unspecified atom stereocenters. The van der Waals surface area contributed by atoms with Gasteiger partial charge in [0.25, 0.3) is 0 Å². The van der Waals surface area contributed by atoms with Crippen molar-refractivity contribution in [2.75, 3.05) is 0 Å². The van der Waals surface area contributed by atoms with Crippen LogP contribution in [0.2, 0.25) is 0 Å². The molecule has 0 radical (unpaired) electrons. The van der Waals surface area contributed by atoms with E-state index in [1.54, 1.807) is 0 Å². The first-order valence-corrected chi connectivity index (χ1v) is 7.49. The highest BCUT2D eigenvalue weighted by atomic mass is 19.2. The molecule has 0 amide bonds. The van der Waals surface area contributed by atoms with E-state index in [0.717, 1.165) is 31.7 Å². The van der Waals surface area contributed by atoms with Crippen LogP contribution in [-0.2, 0) is 11.3 Å². The van der Waals surface area contributed by atoms with Crippen molar-refractivity contribution in [3.63, 3.8) is 0 Å². The Labute approximate surface area is 122 Å². The summed E-state index contributed by atoms with van der Waals surface area (Å²) in [6.45, 7) is 0.168. The highest BCUT2D eigenvalue weighted by Gasteiger charge is 2.45. The van der Waals surface area contributed by atoms with Gasteiger partial charge in [-0.15, -0.1) is 0 Å². The van der Waals surface area contributed by atoms with Gasteiger partial charge in [0.1, 0.15) is 6.04 Å². The molecule has 21 heavy (non-hydrogen) atoms. The lowest BCUT2D eigenvalue weighted by atomic mass is 9.84. The number of likely N-dealkylation sites (tertiary alicyclic amines) is 1. The van der Waals surface area contributed by atoms with Crippen molar-refractivity contribution in [1.82, 2.24) is 4.90 Å². The molecule has 2 fully saturated rings. The van der Waals surface area contributed by atoms with Crippen LogP contribution in [0.1, 0.15) is 37.7 Å². The van der Waals surface area contributed by atoms with Crippen molar-refractivity contribution in [2.24, 2.45) is 5.92 Å². The third kappa shape index (κ3) is 2.67. The molecule has 114 valence electrons. The molecule has 3 rings (SSSR count). The van der Waals surface area contributed by atoms with E-state index in [-0.39, 0.29) is 18.2 Å². The van der Waals surface area contributed by atoms with Crippen LogP contribution in [0.15, 0.2) is 18.2 Å². The largest absolute Gasteiger partial charge is 0.480 e. The number of fused-ring (bicyclic) bond motifs is 1. The predicted molar refractivity (Wildman–Crippen MR) is 73.7 cm³/mol. The topological polar surface area (TPSA) is 40.5 Å². The molecule has 3 nitrogen and oxygen atoms in total. The summed E-state index contributed by atoms with van der Waals surface area (Å²) in [6.07, 6.45) is 4.82. The summed E-state index contributed by atoms with van der Waals surface area (Å²) in [4.78, 5) is 13.4. The standard InChI is InChI=1S/C16H19F2NO2/c17-12-6-3-5-11(15(12)18)9-19-13-7-2-1-4-10(13)8-14(19)16(20)21/h3,5-6,10,13-14H,1-2,4,7-9H2,(H,20,21). The lowest BCUT2D eigenvalue weighted by Crippen LogP contribution is -2.41. The maximum atomic E-state index is 13.9. The SMILES string of the molecule is O=C(O)C1CC2CCCCC2N1Cc1cccc(F)c1F. The Kier molecular flexibility index (Phi) is 3.93. The molecule has 1 aliphatic carbocycles. The molecule has 0 aromatic heterocycles. The average Bonchev–Trinajstić information content (AvgIpc) is 2.83. The minimum Gasteiger partial charge on any atom is -0.480 e. The Morgan fingerprint density at radius 1 is 1.29 bits per heavy atom. The van der Waals surface area contributed by atoms with Gasteiger partial charge in [0, 0.05) is 18.2 Å². The second-order valence-electron chi connectivity index (χ2n) is 6.09. The van der Waals surface area contributed by atoms with E-state index in [1.165, 1.54) is 12.1 Å². The second kappa shape index (κ2) is 5.72. The van der Waals surface area contributed by atoms with Crippen molar-refractivity contribution in [1.29, 1.82) is 0 Å². The molecule has 1 saturated heterocycles. The number of carboxylic acids is 1. The molecule has 1 saturated carbocycles. The van der Waals surface area contributed by atoms with E-state index in [2.05, 4.69) is 0 Å². The van der Waals surface area contributed by atoms with Gasteiger partial charge >= 0.3 is 5.97 Å². The number of rotatable bonds is 3. The fourth-order valence-electron chi connectivity index (χ4n) is 3.89. The summed E-state index contributed by atoms with van der Waals surface area (Å²) in [7, 11) is 0. The molecule has 1 aromatic rings. The zero-order valence-electron chi connectivity index (χ0n) is 11.8. The van der Waals surface area contributed by atoms with Crippen molar-refractivity contribution in [2.45, 2.75) is 50.7 Å². The summed E-state index contributed by atoms with van der Waals surface area (Å²) >= 11 is 0. The van der Waals surface area contributed by atoms with Gasteiger partial charge in [-0.25, -0.2) is 8.78 Å². The van der Waals surface area contributed by atoms with Crippen LogP contribution in [0.4, 0.5) is 8.78 Å².